The van der Waals surface area contributed by atoms with Gasteiger partial charge in [-0.1, -0.05) is 11.8 Å². The number of methoxy groups -OCH3 is 1. The van der Waals surface area contributed by atoms with Crippen molar-refractivity contribution in [2.45, 2.75) is 31.8 Å². The van der Waals surface area contributed by atoms with Crippen molar-refractivity contribution in [3.8, 4) is 17.6 Å². The van der Waals surface area contributed by atoms with Gasteiger partial charge in [-0.2, -0.15) is 10.2 Å². The van der Waals surface area contributed by atoms with E-state index in [0.29, 0.717) is 19.5 Å². The first kappa shape index (κ1) is 24.6. The Balaban J connectivity index is 1.39. The largest absolute Gasteiger partial charge is 0.497 e. The Bertz CT molecular complexity index is 1210. The number of hydrogen-bond acceptors (Lipinski definition) is 7. The van der Waals surface area contributed by atoms with Gasteiger partial charge in [-0.15, -0.1) is 0 Å². The van der Waals surface area contributed by atoms with E-state index in [-0.39, 0.29) is 18.3 Å². The molecule has 1 saturated heterocycles. The van der Waals surface area contributed by atoms with Crippen LogP contribution in [0.5, 0.6) is 5.75 Å². The molecule has 182 valence electrons. The second-order valence-corrected chi connectivity index (χ2v) is 8.95. The Morgan fingerprint density at radius 2 is 2.11 bits per heavy atom. The van der Waals surface area contributed by atoms with Crippen LogP contribution in [0, 0.1) is 23.7 Å². The molecule has 2 N–H and O–H groups in total. The Labute approximate surface area is 205 Å². The molecule has 0 radical (unpaired) electrons. The lowest BCUT2D eigenvalue weighted by atomic mass is 9.79. The highest BCUT2D eigenvalue weighted by Gasteiger charge is 2.31. The fourth-order valence-corrected chi connectivity index (χ4v) is 4.84. The summed E-state index contributed by atoms with van der Waals surface area (Å²) in [4.78, 5) is 18.2. The van der Waals surface area contributed by atoms with E-state index in [1.165, 1.54) is 0 Å². The number of piperidine rings is 1. The predicted molar refractivity (Wildman–Crippen MR) is 132 cm³/mol. The molecule has 0 bridgehead atoms. The van der Waals surface area contributed by atoms with Crippen molar-refractivity contribution in [2.75, 3.05) is 26.7 Å². The second-order valence-electron chi connectivity index (χ2n) is 8.95. The van der Waals surface area contributed by atoms with Gasteiger partial charge in [-0.3, -0.25) is 14.7 Å². The molecule has 3 aromatic rings. The minimum atomic E-state index is -0.788. The van der Waals surface area contributed by atoms with E-state index in [4.69, 9.17) is 4.74 Å². The van der Waals surface area contributed by atoms with E-state index < -0.39 is 12.1 Å². The van der Waals surface area contributed by atoms with E-state index >= 15 is 0 Å². The van der Waals surface area contributed by atoms with Gasteiger partial charge in [0.1, 0.15) is 5.75 Å². The van der Waals surface area contributed by atoms with E-state index in [1.54, 1.807) is 25.7 Å². The predicted octanol–water partition coefficient (Wildman–Crippen LogP) is 3.31. The summed E-state index contributed by atoms with van der Waals surface area (Å²) in [7, 11) is 1.62. The van der Waals surface area contributed by atoms with Crippen LogP contribution in [0.3, 0.4) is 0 Å². The van der Waals surface area contributed by atoms with Crippen LogP contribution in [-0.2, 0) is 4.79 Å². The summed E-state index contributed by atoms with van der Waals surface area (Å²) in [6.45, 7) is 2.12. The molecule has 0 saturated carbocycles. The first-order valence-electron chi connectivity index (χ1n) is 11.8. The van der Waals surface area contributed by atoms with E-state index in [9.17, 15) is 15.0 Å². The SMILES string of the molecule is COc1ccc2nccc([C@H](O)CC[C@@H]3CCN(CC#Cc4ccnnc4)C[C@@H]3CC(=O)O)c2c1. The molecule has 8 heteroatoms. The molecule has 1 aromatic carbocycles. The van der Waals surface area contributed by atoms with Gasteiger partial charge in [-0.25, -0.2) is 0 Å². The highest BCUT2D eigenvalue weighted by atomic mass is 16.5. The third-order valence-electron chi connectivity index (χ3n) is 6.68. The summed E-state index contributed by atoms with van der Waals surface area (Å²) in [6.07, 6.45) is 6.61. The fraction of sp³-hybridized carbons (Fsp3) is 0.407. The molecular formula is C27H30N4O4. The van der Waals surface area contributed by atoms with Gasteiger partial charge in [0.15, 0.2) is 0 Å². The van der Waals surface area contributed by atoms with Gasteiger partial charge >= 0.3 is 5.97 Å². The summed E-state index contributed by atoms with van der Waals surface area (Å²) in [5, 5.41) is 29.0. The molecule has 0 aliphatic carbocycles. The van der Waals surface area contributed by atoms with E-state index in [0.717, 1.165) is 47.2 Å². The summed E-state index contributed by atoms with van der Waals surface area (Å²) in [5.41, 5.74) is 2.44. The van der Waals surface area contributed by atoms with Gasteiger partial charge in [0.2, 0.25) is 0 Å². The maximum Gasteiger partial charge on any atom is 0.303 e. The summed E-state index contributed by atoms with van der Waals surface area (Å²) < 4.78 is 5.34. The van der Waals surface area contributed by atoms with Crippen molar-refractivity contribution in [1.29, 1.82) is 0 Å². The fourth-order valence-electron chi connectivity index (χ4n) is 4.84. The van der Waals surface area contributed by atoms with Gasteiger partial charge in [0.05, 0.1) is 37.7 Å². The minimum absolute atomic E-state index is 0.0205. The zero-order chi connectivity index (χ0) is 24.6. The average Bonchev–Trinajstić information content (AvgIpc) is 2.87. The van der Waals surface area contributed by atoms with Crippen LogP contribution in [0.4, 0.5) is 0 Å². The Morgan fingerprint density at radius 1 is 1.23 bits per heavy atom. The number of aliphatic hydroxyl groups excluding tert-OH is 1. The van der Waals surface area contributed by atoms with Crippen LogP contribution in [-0.4, -0.2) is 63.0 Å². The smallest absolute Gasteiger partial charge is 0.303 e. The van der Waals surface area contributed by atoms with Crippen LogP contribution in [0.15, 0.2) is 48.9 Å². The molecular weight excluding hydrogens is 444 g/mol. The number of carboxylic acids is 1. The minimum Gasteiger partial charge on any atom is -0.497 e. The van der Waals surface area contributed by atoms with Gasteiger partial charge in [0.25, 0.3) is 0 Å². The van der Waals surface area contributed by atoms with Crippen LogP contribution < -0.4 is 4.74 Å². The molecule has 3 atom stereocenters. The number of aliphatic hydroxyl groups is 1. The quantitative estimate of drug-likeness (QED) is 0.479. The number of hydrogen-bond donors (Lipinski definition) is 2. The Morgan fingerprint density at radius 3 is 2.89 bits per heavy atom. The van der Waals surface area contributed by atoms with Crippen LogP contribution in [0.25, 0.3) is 10.9 Å². The maximum atomic E-state index is 11.6. The molecule has 35 heavy (non-hydrogen) atoms. The molecule has 1 fully saturated rings. The zero-order valence-electron chi connectivity index (χ0n) is 19.8. The number of aromatic nitrogens is 3. The van der Waals surface area contributed by atoms with Crippen molar-refractivity contribution in [3.05, 3.63) is 60.0 Å². The van der Waals surface area contributed by atoms with Crippen molar-refractivity contribution in [3.63, 3.8) is 0 Å². The summed E-state index contributed by atoms with van der Waals surface area (Å²) in [6, 6.07) is 9.30. The van der Waals surface area contributed by atoms with Crippen LogP contribution in [0.1, 0.15) is 42.9 Å². The number of likely N-dealkylation sites (tertiary alicyclic amines) is 1. The van der Waals surface area contributed by atoms with Crippen LogP contribution >= 0.6 is 0 Å². The number of carboxylic acid groups (broad SMARTS) is 1. The lowest BCUT2D eigenvalue weighted by Crippen LogP contribution is -2.41. The van der Waals surface area contributed by atoms with E-state index in [2.05, 4.69) is 31.9 Å². The number of carbonyl (C=O) groups is 1. The molecule has 8 nitrogen and oxygen atoms in total. The number of aliphatic carboxylic acids is 1. The van der Waals surface area contributed by atoms with Crippen molar-refractivity contribution in [2.24, 2.45) is 11.8 Å². The topological polar surface area (TPSA) is 109 Å². The number of benzene rings is 1. The number of rotatable bonds is 8. The average molecular weight is 475 g/mol. The second kappa shape index (κ2) is 11.7. The first-order valence-corrected chi connectivity index (χ1v) is 11.8. The Hall–Kier alpha value is -3.54. The highest BCUT2D eigenvalue weighted by molar-refractivity contribution is 5.83. The lowest BCUT2D eigenvalue weighted by molar-refractivity contribution is -0.139. The monoisotopic (exact) mass is 474 g/mol. The first-order chi connectivity index (χ1) is 17.0. The van der Waals surface area contributed by atoms with Gasteiger partial charge in [0, 0.05) is 30.1 Å². The lowest BCUT2D eigenvalue weighted by Gasteiger charge is -2.37. The van der Waals surface area contributed by atoms with Crippen molar-refractivity contribution >= 4 is 16.9 Å². The molecule has 4 rings (SSSR count). The highest BCUT2D eigenvalue weighted by Crippen LogP contribution is 2.34. The maximum absolute atomic E-state index is 11.6. The third kappa shape index (κ3) is 6.53. The van der Waals surface area contributed by atoms with Crippen molar-refractivity contribution < 1.29 is 19.7 Å². The number of fused-ring (bicyclic) bond motifs is 1. The van der Waals surface area contributed by atoms with Gasteiger partial charge in [-0.05, 0) is 73.5 Å². The summed E-state index contributed by atoms with van der Waals surface area (Å²) >= 11 is 0. The molecule has 1 aliphatic rings. The Kier molecular flexibility index (Phi) is 8.24. The standard InChI is InChI=1S/C27H30N4O4/c1-35-22-5-6-25-24(16-22)23(9-11-28-25)26(32)7-4-20-10-14-31(18-21(20)15-27(33)34)13-2-3-19-8-12-29-30-17-19/h5-6,8-9,11-12,16-17,20-21,26,32H,4,7,10,13-15,18H2,1H3,(H,33,34)/t20-,21+,26-/m1/s1. The van der Waals surface area contributed by atoms with Crippen LogP contribution in [0.2, 0.25) is 0 Å². The molecule has 3 heterocycles. The molecule has 0 amide bonds. The number of pyridine rings is 1. The molecule has 0 unspecified atom stereocenters. The third-order valence-corrected chi connectivity index (χ3v) is 6.68. The molecule has 2 aromatic heterocycles. The van der Waals surface area contributed by atoms with Gasteiger partial charge < -0.3 is 14.9 Å². The number of ether oxygens (including phenoxy) is 1. The summed E-state index contributed by atoms with van der Waals surface area (Å²) in [5.74, 6) is 6.43. The van der Waals surface area contributed by atoms with Crippen molar-refractivity contribution in [1.82, 2.24) is 20.1 Å². The normalized spacial score (nSPS) is 19.0. The van der Waals surface area contributed by atoms with E-state index in [1.807, 2.05) is 30.3 Å². The number of nitrogens with zero attached hydrogens (tertiary/aromatic N) is 4. The zero-order valence-corrected chi connectivity index (χ0v) is 19.8. The molecule has 0 spiro atoms. The molecule has 1 aliphatic heterocycles.